The lowest BCUT2D eigenvalue weighted by atomic mass is 10.1. The summed E-state index contributed by atoms with van der Waals surface area (Å²) in [6.45, 7) is 1.95. The molecule has 114 valence electrons. The third kappa shape index (κ3) is 4.73. The fraction of sp³-hybridized carbons (Fsp3) is 0.385. The van der Waals surface area contributed by atoms with E-state index in [1.54, 1.807) is 21.0 Å². The van der Waals surface area contributed by atoms with Gasteiger partial charge in [-0.1, -0.05) is 0 Å². The zero-order chi connectivity index (χ0) is 16.0. The van der Waals surface area contributed by atoms with Gasteiger partial charge in [0.25, 0.3) is 0 Å². The molecule has 0 aliphatic carbocycles. The number of aryl methyl sites for hydroxylation is 1. The van der Waals surface area contributed by atoms with Gasteiger partial charge < -0.3 is 10.2 Å². The Kier molecular flexibility index (Phi) is 5.69. The second-order valence-corrected chi connectivity index (χ2v) is 6.38. The molecule has 0 bridgehead atoms. The number of benzene rings is 1. The Bertz CT molecular complexity index is 662. The minimum atomic E-state index is -3.65. The summed E-state index contributed by atoms with van der Waals surface area (Å²) in [5.41, 5.74) is 1.04. The van der Waals surface area contributed by atoms with Crippen LogP contribution in [0.5, 0.6) is 0 Å². The molecule has 0 aromatic heterocycles. The summed E-state index contributed by atoms with van der Waals surface area (Å²) in [5, 5.41) is 11.4. The molecule has 8 heteroatoms. The zero-order valence-corrected chi connectivity index (χ0v) is 13.0. The van der Waals surface area contributed by atoms with Crippen molar-refractivity contribution in [2.24, 2.45) is 0 Å². The predicted octanol–water partition coefficient (Wildman–Crippen LogP) is 0.416. The smallest absolute Gasteiger partial charge is 0.316 e. The van der Waals surface area contributed by atoms with Crippen molar-refractivity contribution < 1.29 is 13.2 Å². The van der Waals surface area contributed by atoms with Crippen LogP contribution in [0.4, 0.5) is 4.79 Å². The molecule has 0 unspecified atom stereocenters. The van der Waals surface area contributed by atoms with Crippen LogP contribution in [0.15, 0.2) is 23.1 Å². The number of nitrogens with one attached hydrogen (secondary N) is 2. The van der Waals surface area contributed by atoms with Crippen molar-refractivity contribution in [1.82, 2.24) is 14.9 Å². The number of hydrogen-bond acceptors (Lipinski definition) is 4. The van der Waals surface area contributed by atoms with E-state index >= 15 is 0 Å². The Morgan fingerprint density at radius 1 is 1.33 bits per heavy atom. The molecular formula is C13H18N4O3S. The molecule has 0 fully saturated rings. The molecule has 1 aromatic rings. The lowest BCUT2D eigenvalue weighted by molar-refractivity contribution is 0.217. The van der Waals surface area contributed by atoms with Crippen LogP contribution in [0, 0.1) is 18.3 Å². The summed E-state index contributed by atoms with van der Waals surface area (Å²) in [6.07, 6.45) is 0. The molecule has 0 saturated carbocycles. The van der Waals surface area contributed by atoms with Crippen LogP contribution in [-0.4, -0.2) is 46.5 Å². The van der Waals surface area contributed by atoms with Crippen molar-refractivity contribution in [1.29, 1.82) is 5.26 Å². The van der Waals surface area contributed by atoms with Gasteiger partial charge in [-0.15, -0.1) is 0 Å². The maximum Gasteiger partial charge on any atom is 0.316 e. The summed E-state index contributed by atoms with van der Waals surface area (Å²) in [5.74, 6) is 0. The van der Waals surface area contributed by atoms with Gasteiger partial charge in [-0.05, 0) is 30.7 Å². The van der Waals surface area contributed by atoms with E-state index in [-0.39, 0.29) is 24.0 Å². The Morgan fingerprint density at radius 2 is 2.00 bits per heavy atom. The number of carbonyl (C=O) groups excluding carboxylic acids is 1. The van der Waals surface area contributed by atoms with Gasteiger partial charge in [0.1, 0.15) is 0 Å². The SMILES string of the molecule is Cc1cc(S(=O)(=O)NCCNC(=O)N(C)C)ccc1C#N. The molecule has 2 amide bonds. The van der Waals surface area contributed by atoms with E-state index < -0.39 is 10.0 Å². The van der Waals surface area contributed by atoms with E-state index in [2.05, 4.69) is 10.0 Å². The van der Waals surface area contributed by atoms with Gasteiger partial charge in [-0.25, -0.2) is 17.9 Å². The van der Waals surface area contributed by atoms with Gasteiger partial charge in [0.2, 0.25) is 10.0 Å². The minimum absolute atomic E-state index is 0.0843. The van der Waals surface area contributed by atoms with Crippen LogP contribution in [0.25, 0.3) is 0 Å². The quantitative estimate of drug-likeness (QED) is 0.769. The van der Waals surface area contributed by atoms with Crippen molar-refractivity contribution in [3.63, 3.8) is 0 Å². The van der Waals surface area contributed by atoms with Gasteiger partial charge >= 0.3 is 6.03 Å². The Hall–Kier alpha value is -2.11. The van der Waals surface area contributed by atoms with Crippen molar-refractivity contribution in [3.05, 3.63) is 29.3 Å². The topological polar surface area (TPSA) is 102 Å². The highest BCUT2D eigenvalue weighted by Gasteiger charge is 2.14. The second kappa shape index (κ2) is 7.06. The van der Waals surface area contributed by atoms with Crippen LogP contribution in [0.2, 0.25) is 0 Å². The van der Waals surface area contributed by atoms with Crippen LogP contribution in [-0.2, 0) is 10.0 Å². The maximum atomic E-state index is 12.0. The summed E-state index contributed by atoms with van der Waals surface area (Å²) in [6, 6.07) is 5.99. The van der Waals surface area contributed by atoms with Crippen LogP contribution in [0.3, 0.4) is 0 Å². The zero-order valence-electron chi connectivity index (χ0n) is 12.2. The van der Waals surface area contributed by atoms with E-state index in [0.717, 1.165) is 0 Å². The molecule has 0 saturated heterocycles. The van der Waals surface area contributed by atoms with Crippen molar-refractivity contribution in [3.8, 4) is 6.07 Å². The maximum absolute atomic E-state index is 12.0. The molecule has 1 rings (SSSR count). The summed E-state index contributed by atoms with van der Waals surface area (Å²) in [4.78, 5) is 12.7. The molecule has 7 nitrogen and oxygen atoms in total. The number of amides is 2. The molecule has 0 spiro atoms. The third-order valence-corrected chi connectivity index (χ3v) is 4.19. The fourth-order valence-electron chi connectivity index (χ4n) is 1.53. The minimum Gasteiger partial charge on any atom is -0.337 e. The molecular weight excluding hydrogens is 292 g/mol. The first-order chi connectivity index (χ1) is 9.77. The van der Waals surface area contributed by atoms with Crippen LogP contribution in [0.1, 0.15) is 11.1 Å². The molecule has 21 heavy (non-hydrogen) atoms. The van der Waals surface area contributed by atoms with Gasteiger partial charge in [0.15, 0.2) is 0 Å². The van der Waals surface area contributed by atoms with Gasteiger partial charge in [0, 0.05) is 27.2 Å². The lowest BCUT2D eigenvalue weighted by Gasteiger charge is -2.12. The van der Waals surface area contributed by atoms with E-state index in [1.807, 2.05) is 6.07 Å². The largest absolute Gasteiger partial charge is 0.337 e. The third-order valence-electron chi connectivity index (χ3n) is 2.73. The number of sulfonamides is 1. The Labute approximate surface area is 124 Å². The van der Waals surface area contributed by atoms with E-state index in [0.29, 0.717) is 11.1 Å². The molecule has 1 aromatic carbocycles. The highest BCUT2D eigenvalue weighted by atomic mass is 32.2. The number of hydrogen-bond donors (Lipinski definition) is 2. The average molecular weight is 310 g/mol. The standard InChI is InChI=1S/C13H18N4O3S/c1-10-8-12(5-4-11(10)9-14)21(19,20)16-7-6-15-13(18)17(2)3/h4-5,8,16H,6-7H2,1-3H3,(H,15,18). The highest BCUT2D eigenvalue weighted by Crippen LogP contribution is 2.14. The number of nitriles is 1. The van der Waals surface area contributed by atoms with Crippen molar-refractivity contribution >= 4 is 16.1 Å². The van der Waals surface area contributed by atoms with Crippen LogP contribution < -0.4 is 10.0 Å². The number of rotatable bonds is 5. The second-order valence-electron chi connectivity index (χ2n) is 4.61. The molecule has 0 heterocycles. The van der Waals surface area contributed by atoms with Crippen LogP contribution >= 0.6 is 0 Å². The van der Waals surface area contributed by atoms with E-state index in [4.69, 9.17) is 5.26 Å². The summed E-state index contributed by atoms with van der Waals surface area (Å²) >= 11 is 0. The Balaban J connectivity index is 2.64. The van der Waals surface area contributed by atoms with Gasteiger partial charge in [-0.3, -0.25) is 0 Å². The first-order valence-corrected chi connectivity index (χ1v) is 7.72. The molecule has 0 aliphatic rings. The first kappa shape index (κ1) is 16.9. The van der Waals surface area contributed by atoms with Gasteiger partial charge in [0.05, 0.1) is 16.5 Å². The molecule has 0 radical (unpaired) electrons. The average Bonchev–Trinajstić information content (AvgIpc) is 2.43. The number of nitrogens with zero attached hydrogens (tertiary/aromatic N) is 2. The molecule has 0 aliphatic heterocycles. The summed E-state index contributed by atoms with van der Waals surface area (Å²) in [7, 11) is -0.458. The highest BCUT2D eigenvalue weighted by molar-refractivity contribution is 7.89. The van der Waals surface area contributed by atoms with Crippen molar-refractivity contribution in [2.75, 3.05) is 27.2 Å². The number of carbonyl (C=O) groups is 1. The fourth-order valence-corrected chi connectivity index (χ4v) is 2.64. The summed E-state index contributed by atoms with van der Waals surface area (Å²) < 4.78 is 26.5. The lowest BCUT2D eigenvalue weighted by Crippen LogP contribution is -2.39. The first-order valence-electron chi connectivity index (χ1n) is 6.23. The van der Waals surface area contributed by atoms with Gasteiger partial charge in [-0.2, -0.15) is 5.26 Å². The monoisotopic (exact) mass is 310 g/mol. The van der Waals surface area contributed by atoms with E-state index in [1.165, 1.54) is 23.1 Å². The molecule has 2 N–H and O–H groups in total. The van der Waals surface area contributed by atoms with Crippen molar-refractivity contribution in [2.45, 2.75) is 11.8 Å². The Morgan fingerprint density at radius 3 is 2.52 bits per heavy atom. The van der Waals surface area contributed by atoms with E-state index in [9.17, 15) is 13.2 Å². The number of urea groups is 1. The molecule has 0 atom stereocenters. The predicted molar refractivity (Wildman–Crippen MR) is 78.2 cm³/mol. The normalized spacial score (nSPS) is 10.8.